The number of ether oxygens (including phenoxy) is 1. The number of carbonyl (C=O) groups excluding carboxylic acids is 1. The molecule has 0 spiro atoms. The van der Waals surface area contributed by atoms with Crippen molar-refractivity contribution in [1.82, 2.24) is 15.2 Å². The summed E-state index contributed by atoms with van der Waals surface area (Å²) in [5.41, 5.74) is 1.56. The van der Waals surface area contributed by atoms with Crippen molar-refractivity contribution in [3.63, 3.8) is 0 Å². The third-order valence-corrected chi connectivity index (χ3v) is 5.15. The molecule has 1 unspecified atom stereocenters. The highest BCUT2D eigenvalue weighted by molar-refractivity contribution is 7.13. The number of benzene rings is 1. The summed E-state index contributed by atoms with van der Waals surface area (Å²) in [5, 5.41) is 5.92. The summed E-state index contributed by atoms with van der Waals surface area (Å²) in [6.07, 6.45) is 1.21. The fourth-order valence-corrected chi connectivity index (χ4v) is 3.89. The standard InChI is InChI=1S/C19H25N3O2S.ClH/c1-13(2)24-16-6-4-15(5-7-16)18-21-17(12-25-18)19(23)22-9-8-14(11-22)10-20-3;/h4-7,12-14,20H,8-11H2,1-3H3;1H. The molecule has 1 atom stereocenters. The van der Waals surface area contributed by atoms with Gasteiger partial charge in [-0.2, -0.15) is 0 Å². The Labute approximate surface area is 165 Å². The predicted octanol–water partition coefficient (Wildman–Crippen LogP) is 3.70. The summed E-state index contributed by atoms with van der Waals surface area (Å²) in [4.78, 5) is 19.1. The normalized spacial score (nSPS) is 16.6. The van der Waals surface area contributed by atoms with E-state index < -0.39 is 0 Å². The first-order chi connectivity index (χ1) is 12.1. The Morgan fingerprint density at radius 3 is 2.77 bits per heavy atom. The maximum Gasteiger partial charge on any atom is 0.273 e. The first-order valence-electron chi connectivity index (χ1n) is 8.73. The zero-order valence-electron chi connectivity index (χ0n) is 15.4. The predicted molar refractivity (Wildman–Crippen MR) is 108 cm³/mol. The Balaban J connectivity index is 0.00000243. The van der Waals surface area contributed by atoms with Crippen molar-refractivity contribution in [3.8, 4) is 16.3 Å². The number of hydrogen-bond acceptors (Lipinski definition) is 5. The molecule has 0 aliphatic carbocycles. The Bertz CT molecular complexity index is 718. The van der Waals surface area contributed by atoms with Gasteiger partial charge in [0, 0.05) is 24.0 Å². The van der Waals surface area contributed by atoms with E-state index in [2.05, 4.69) is 10.3 Å². The van der Waals surface area contributed by atoms with E-state index in [-0.39, 0.29) is 24.4 Å². The van der Waals surface area contributed by atoms with Gasteiger partial charge < -0.3 is 15.0 Å². The number of amides is 1. The molecule has 7 heteroatoms. The number of rotatable bonds is 6. The maximum absolute atomic E-state index is 12.6. The van der Waals surface area contributed by atoms with Crippen LogP contribution in [0.25, 0.3) is 10.6 Å². The van der Waals surface area contributed by atoms with Gasteiger partial charge in [-0.25, -0.2) is 4.98 Å². The molecule has 2 aromatic rings. The molecule has 142 valence electrons. The highest BCUT2D eigenvalue weighted by atomic mass is 35.5. The largest absolute Gasteiger partial charge is 0.491 e. The summed E-state index contributed by atoms with van der Waals surface area (Å²) < 4.78 is 5.66. The van der Waals surface area contributed by atoms with Crippen molar-refractivity contribution in [1.29, 1.82) is 0 Å². The molecule has 2 heterocycles. The van der Waals surface area contributed by atoms with Gasteiger partial charge in [-0.05, 0) is 64.0 Å². The molecule has 1 aliphatic rings. The van der Waals surface area contributed by atoms with Crippen LogP contribution in [-0.2, 0) is 0 Å². The number of nitrogens with one attached hydrogen (secondary N) is 1. The van der Waals surface area contributed by atoms with Gasteiger partial charge in [0.1, 0.15) is 16.5 Å². The molecule has 1 aromatic heterocycles. The molecule has 3 rings (SSSR count). The third kappa shape index (κ3) is 4.96. The minimum atomic E-state index is 0. The summed E-state index contributed by atoms with van der Waals surface area (Å²) in [6, 6.07) is 7.87. The molecular weight excluding hydrogens is 370 g/mol. The van der Waals surface area contributed by atoms with E-state index in [0.717, 1.165) is 42.4 Å². The molecule has 1 aromatic carbocycles. The van der Waals surface area contributed by atoms with Gasteiger partial charge >= 0.3 is 0 Å². The smallest absolute Gasteiger partial charge is 0.273 e. The zero-order chi connectivity index (χ0) is 17.8. The van der Waals surface area contributed by atoms with E-state index >= 15 is 0 Å². The molecule has 1 aliphatic heterocycles. The van der Waals surface area contributed by atoms with Crippen molar-refractivity contribution in [2.45, 2.75) is 26.4 Å². The lowest BCUT2D eigenvalue weighted by atomic mass is 10.1. The van der Waals surface area contributed by atoms with Gasteiger partial charge in [0.2, 0.25) is 0 Å². The number of carbonyl (C=O) groups is 1. The monoisotopic (exact) mass is 395 g/mol. The lowest BCUT2D eigenvalue weighted by Crippen LogP contribution is -2.30. The van der Waals surface area contributed by atoms with Gasteiger partial charge in [-0.3, -0.25) is 4.79 Å². The Morgan fingerprint density at radius 2 is 2.12 bits per heavy atom. The van der Waals surface area contributed by atoms with Crippen molar-refractivity contribution >= 4 is 29.7 Å². The van der Waals surface area contributed by atoms with Crippen LogP contribution in [0.4, 0.5) is 0 Å². The quantitative estimate of drug-likeness (QED) is 0.810. The second kappa shape index (κ2) is 9.35. The van der Waals surface area contributed by atoms with E-state index in [1.54, 1.807) is 0 Å². The second-order valence-corrected chi connectivity index (χ2v) is 7.55. The molecule has 5 nitrogen and oxygen atoms in total. The third-order valence-electron chi connectivity index (χ3n) is 4.26. The number of thiazole rings is 1. The maximum atomic E-state index is 12.6. The summed E-state index contributed by atoms with van der Waals surface area (Å²) in [5.74, 6) is 1.43. The average Bonchev–Trinajstić information content (AvgIpc) is 3.24. The fraction of sp³-hybridized carbons (Fsp3) is 0.474. The van der Waals surface area contributed by atoms with Gasteiger partial charge in [0.05, 0.1) is 6.10 Å². The van der Waals surface area contributed by atoms with E-state index in [4.69, 9.17) is 4.74 Å². The van der Waals surface area contributed by atoms with Crippen LogP contribution in [0.1, 0.15) is 30.8 Å². The first kappa shape index (κ1) is 20.7. The summed E-state index contributed by atoms with van der Waals surface area (Å²) >= 11 is 1.51. The Hall–Kier alpha value is -1.63. The number of nitrogens with zero attached hydrogens (tertiary/aromatic N) is 2. The van der Waals surface area contributed by atoms with Crippen LogP contribution in [0.3, 0.4) is 0 Å². The number of hydrogen-bond donors (Lipinski definition) is 1. The van der Waals surface area contributed by atoms with Crippen LogP contribution in [0.5, 0.6) is 5.75 Å². The molecule has 0 radical (unpaired) electrons. The van der Waals surface area contributed by atoms with Crippen LogP contribution < -0.4 is 10.1 Å². The summed E-state index contributed by atoms with van der Waals surface area (Å²) in [7, 11) is 1.95. The molecule has 1 amide bonds. The molecule has 0 bridgehead atoms. The topological polar surface area (TPSA) is 54.5 Å². The first-order valence-corrected chi connectivity index (χ1v) is 9.61. The molecule has 1 fully saturated rings. The van der Waals surface area contributed by atoms with Crippen LogP contribution in [-0.4, -0.2) is 48.6 Å². The van der Waals surface area contributed by atoms with Gasteiger partial charge in [-0.15, -0.1) is 23.7 Å². The lowest BCUT2D eigenvalue weighted by Gasteiger charge is -2.15. The second-order valence-electron chi connectivity index (χ2n) is 6.69. The Kier molecular flexibility index (Phi) is 7.43. The highest BCUT2D eigenvalue weighted by Crippen LogP contribution is 2.27. The minimum Gasteiger partial charge on any atom is -0.491 e. The molecular formula is C19H26ClN3O2S. The highest BCUT2D eigenvalue weighted by Gasteiger charge is 2.27. The van der Waals surface area contributed by atoms with Crippen LogP contribution in [0.2, 0.25) is 0 Å². The molecule has 26 heavy (non-hydrogen) atoms. The van der Waals surface area contributed by atoms with E-state index in [1.807, 2.05) is 55.4 Å². The van der Waals surface area contributed by atoms with E-state index in [0.29, 0.717) is 11.6 Å². The Morgan fingerprint density at radius 1 is 1.38 bits per heavy atom. The van der Waals surface area contributed by atoms with Gasteiger partial charge in [0.25, 0.3) is 5.91 Å². The SMILES string of the molecule is CNCC1CCN(C(=O)c2csc(-c3ccc(OC(C)C)cc3)n2)C1.Cl. The van der Waals surface area contributed by atoms with Crippen molar-refractivity contribution in [2.75, 3.05) is 26.7 Å². The van der Waals surface area contributed by atoms with Gasteiger partial charge in [-0.1, -0.05) is 0 Å². The van der Waals surface area contributed by atoms with Crippen LogP contribution in [0, 0.1) is 5.92 Å². The number of aromatic nitrogens is 1. The van der Waals surface area contributed by atoms with Gasteiger partial charge in [0.15, 0.2) is 0 Å². The molecule has 1 N–H and O–H groups in total. The van der Waals surface area contributed by atoms with E-state index in [9.17, 15) is 4.79 Å². The lowest BCUT2D eigenvalue weighted by molar-refractivity contribution is 0.0782. The number of likely N-dealkylation sites (tertiary alicyclic amines) is 1. The molecule has 1 saturated heterocycles. The summed E-state index contributed by atoms with van der Waals surface area (Å²) in [6.45, 7) is 6.60. The van der Waals surface area contributed by atoms with Crippen molar-refractivity contribution in [3.05, 3.63) is 35.3 Å². The zero-order valence-corrected chi connectivity index (χ0v) is 17.0. The minimum absolute atomic E-state index is 0. The van der Waals surface area contributed by atoms with E-state index in [1.165, 1.54) is 11.3 Å². The van der Waals surface area contributed by atoms with Crippen LogP contribution in [0.15, 0.2) is 29.6 Å². The van der Waals surface area contributed by atoms with Crippen molar-refractivity contribution < 1.29 is 9.53 Å². The average molecular weight is 396 g/mol. The number of halogens is 1. The van der Waals surface area contributed by atoms with Crippen molar-refractivity contribution in [2.24, 2.45) is 5.92 Å². The van der Waals surface area contributed by atoms with Crippen LogP contribution >= 0.6 is 23.7 Å². The fourth-order valence-electron chi connectivity index (χ4n) is 3.09. The molecule has 0 saturated carbocycles.